The van der Waals surface area contributed by atoms with Gasteiger partial charge in [0.2, 0.25) is 0 Å². The van der Waals surface area contributed by atoms with Gasteiger partial charge >= 0.3 is 0 Å². The molecule has 2 saturated carbocycles. The lowest BCUT2D eigenvalue weighted by atomic mass is 9.71. The van der Waals surface area contributed by atoms with Crippen molar-refractivity contribution in [2.45, 2.75) is 55.1 Å². The van der Waals surface area contributed by atoms with Gasteiger partial charge in [-0.15, -0.1) is 11.8 Å². The number of rotatable bonds is 6. The number of hydrogen-bond acceptors (Lipinski definition) is 4. The normalized spacial score (nSPS) is 24.6. The second-order valence-electron chi connectivity index (χ2n) is 8.24. The molecule has 0 spiro atoms. The predicted molar refractivity (Wildman–Crippen MR) is 132 cm³/mol. The Kier molecular flexibility index (Phi) is 7.99. The Morgan fingerprint density at radius 3 is 2.47 bits per heavy atom. The van der Waals surface area contributed by atoms with Crippen molar-refractivity contribution in [2.75, 3.05) is 7.11 Å². The van der Waals surface area contributed by atoms with Crippen LogP contribution in [0.1, 0.15) is 44.9 Å². The van der Waals surface area contributed by atoms with Crippen LogP contribution in [-0.2, 0) is 0 Å². The first-order valence-electron chi connectivity index (χ1n) is 11.1. The molecule has 2 aromatic carbocycles. The number of fused-ring (bicyclic) bond motifs is 1. The summed E-state index contributed by atoms with van der Waals surface area (Å²) in [5.74, 6) is 2.83. The Morgan fingerprint density at radius 2 is 1.70 bits per heavy atom. The van der Waals surface area contributed by atoms with E-state index < -0.39 is 0 Å². The summed E-state index contributed by atoms with van der Waals surface area (Å²) in [7, 11) is 1.70. The number of methoxy groups -OCH3 is 1. The van der Waals surface area contributed by atoms with E-state index in [1.54, 1.807) is 18.9 Å². The Labute approximate surface area is 189 Å². The SMILES string of the molecule is COc1ccc(SC=CC(=Nc2ccccc2)SC2CCC3CCCCC3C2)cc1. The minimum Gasteiger partial charge on any atom is -0.497 e. The fourth-order valence-corrected chi connectivity index (χ4v) is 6.64. The van der Waals surface area contributed by atoms with Crippen molar-refractivity contribution in [2.24, 2.45) is 16.8 Å². The number of ether oxygens (including phenoxy) is 1. The van der Waals surface area contributed by atoms with Gasteiger partial charge in [-0.25, -0.2) is 4.99 Å². The molecule has 3 atom stereocenters. The average Bonchev–Trinajstić information content (AvgIpc) is 2.80. The van der Waals surface area contributed by atoms with Gasteiger partial charge < -0.3 is 4.74 Å². The van der Waals surface area contributed by atoms with Gasteiger partial charge in [-0.3, -0.25) is 0 Å². The van der Waals surface area contributed by atoms with E-state index in [2.05, 4.69) is 47.9 Å². The molecule has 0 heterocycles. The molecular weight excluding hydrogens is 406 g/mol. The van der Waals surface area contributed by atoms with Gasteiger partial charge in [0.1, 0.15) is 5.75 Å². The van der Waals surface area contributed by atoms with Crippen LogP contribution in [0.3, 0.4) is 0 Å². The van der Waals surface area contributed by atoms with Crippen LogP contribution in [0, 0.1) is 11.8 Å². The van der Waals surface area contributed by atoms with Crippen molar-refractivity contribution in [3.8, 4) is 5.75 Å². The maximum absolute atomic E-state index is 5.25. The molecule has 2 aliphatic carbocycles. The minimum absolute atomic E-state index is 0.697. The lowest BCUT2D eigenvalue weighted by molar-refractivity contribution is 0.175. The Balaban J connectivity index is 1.43. The maximum atomic E-state index is 5.25. The van der Waals surface area contributed by atoms with Gasteiger partial charge in [0.25, 0.3) is 0 Å². The quantitative estimate of drug-likeness (QED) is 0.259. The summed E-state index contributed by atoms with van der Waals surface area (Å²) >= 11 is 3.72. The van der Waals surface area contributed by atoms with Crippen molar-refractivity contribution in [1.29, 1.82) is 0 Å². The number of thioether (sulfide) groups is 2. The molecule has 0 saturated heterocycles. The van der Waals surface area contributed by atoms with E-state index in [4.69, 9.17) is 9.73 Å². The molecule has 2 fully saturated rings. The van der Waals surface area contributed by atoms with Crippen LogP contribution < -0.4 is 4.74 Å². The molecule has 4 rings (SSSR count). The second kappa shape index (κ2) is 11.1. The summed E-state index contributed by atoms with van der Waals surface area (Å²) in [6, 6.07) is 18.5. The second-order valence-corrected chi connectivity index (χ2v) is 10.5. The molecule has 3 unspecified atom stereocenters. The smallest absolute Gasteiger partial charge is 0.118 e. The third-order valence-electron chi connectivity index (χ3n) is 6.25. The number of benzene rings is 2. The summed E-state index contributed by atoms with van der Waals surface area (Å²) in [6.07, 6.45) is 12.1. The lowest BCUT2D eigenvalue weighted by Gasteiger charge is -2.39. The minimum atomic E-state index is 0.697. The molecule has 2 nitrogen and oxygen atoms in total. The summed E-state index contributed by atoms with van der Waals surface area (Å²) < 4.78 is 5.25. The van der Waals surface area contributed by atoms with Crippen LogP contribution in [0.5, 0.6) is 5.75 Å². The van der Waals surface area contributed by atoms with Crippen LogP contribution in [0.4, 0.5) is 5.69 Å². The van der Waals surface area contributed by atoms with E-state index in [1.165, 1.54) is 49.8 Å². The van der Waals surface area contributed by atoms with Crippen molar-refractivity contribution in [1.82, 2.24) is 0 Å². The summed E-state index contributed by atoms with van der Waals surface area (Å²) in [5, 5.41) is 3.99. The zero-order chi connectivity index (χ0) is 20.6. The largest absolute Gasteiger partial charge is 0.497 e. The highest BCUT2D eigenvalue weighted by molar-refractivity contribution is 8.15. The highest BCUT2D eigenvalue weighted by atomic mass is 32.2. The lowest BCUT2D eigenvalue weighted by Crippen LogP contribution is -2.29. The third-order valence-corrected chi connectivity index (χ3v) is 8.30. The highest BCUT2D eigenvalue weighted by Crippen LogP contribution is 2.44. The molecule has 158 valence electrons. The predicted octanol–water partition coefficient (Wildman–Crippen LogP) is 8.12. The van der Waals surface area contributed by atoms with Gasteiger partial charge in [-0.1, -0.05) is 55.6 Å². The topological polar surface area (TPSA) is 21.6 Å². The van der Waals surface area contributed by atoms with Gasteiger partial charge in [0.15, 0.2) is 0 Å². The maximum Gasteiger partial charge on any atom is 0.118 e. The molecule has 0 bridgehead atoms. The van der Waals surface area contributed by atoms with Crippen molar-refractivity contribution in [3.05, 3.63) is 66.1 Å². The zero-order valence-corrected chi connectivity index (χ0v) is 19.3. The van der Waals surface area contributed by atoms with Crippen LogP contribution in [0.25, 0.3) is 0 Å². The first-order valence-corrected chi connectivity index (χ1v) is 12.8. The molecule has 30 heavy (non-hydrogen) atoms. The average molecular weight is 438 g/mol. The molecule has 2 aromatic rings. The van der Waals surface area contributed by atoms with E-state index in [9.17, 15) is 0 Å². The van der Waals surface area contributed by atoms with Gasteiger partial charge in [0.05, 0.1) is 17.8 Å². The van der Waals surface area contributed by atoms with E-state index in [0.29, 0.717) is 5.25 Å². The van der Waals surface area contributed by atoms with Gasteiger partial charge in [0, 0.05) is 10.1 Å². The van der Waals surface area contributed by atoms with Gasteiger partial charge in [-0.2, -0.15) is 0 Å². The van der Waals surface area contributed by atoms with Crippen molar-refractivity contribution in [3.63, 3.8) is 0 Å². The number of nitrogens with zero attached hydrogens (tertiary/aromatic N) is 1. The summed E-state index contributed by atoms with van der Waals surface area (Å²) in [4.78, 5) is 6.18. The molecular formula is C26H31NOS2. The van der Waals surface area contributed by atoms with Gasteiger partial charge in [-0.05, 0) is 79.0 Å². The van der Waals surface area contributed by atoms with Crippen LogP contribution in [-0.4, -0.2) is 17.4 Å². The molecule has 2 aliphatic rings. The number of aliphatic imine (C=N–C) groups is 1. The molecule has 0 radical (unpaired) electrons. The summed E-state index contributed by atoms with van der Waals surface area (Å²) in [5.41, 5.74) is 1.03. The first kappa shape index (κ1) is 21.6. The Hall–Kier alpha value is -1.65. The third kappa shape index (κ3) is 6.18. The van der Waals surface area contributed by atoms with Crippen LogP contribution in [0.15, 0.2) is 76.0 Å². The monoisotopic (exact) mass is 437 g/mol. The van der Waals surface area contributed by atoms with Crippen LogP contribution in [0.2, 0.25) is 0 Å². The van der Waals surface area contributed by atoms with E-state index in [1.807, 2.05) is 30.0 Å². The van der Waals surface area contributed by atoms with Crippen molar-refractivity contribution >= 4 is 34.3 Å². The fraction of sp³-hybridized carbons (Fsp3) is 0.423. The molecule has 0 amide bonds. The zero-order valence-electron chi connectivity index (χ0n) is 17.7. The first-order chi connectivity index (χ1) is 14.8. The highest BCUT2D eigenvalue weighted by Gasteiger charge is 2.32. The van der Waals surface area contributed by atoms with Crippen LogP contribution >= 0.6 is 23.5 Å². The number of hydrogen-bond donors (Lipinski definition) is 0. The standard InChI is InChI=1S/C26H31NOS2/c1-28-23-12-15-24(16-13-23)29-18-17-26(27-22-9-3-2-4-10-22)30-25-14-11-20-7-5-6-8-21(20)19-25/h2-4,9-10,12-13,15-18,20-21,25H,5-8,11,14,19H2,1H3. The fourth-order valence-electron chi connectivity index (χ4n) is 4.67. The molecule has 4 heteroatoms. The Bertz CT molecular complexity index is 847. The molecule has 0 N–H and O–H groups in total. The van der Waals surface area contributed by atoms with E-state index >= 15 is 0 Å². The number of para-hydroxylation sites is 1. The van der Waals surface area contributed by atoms with E-state index in [-0.39, 0.29) is 0 Å². The van der Waals surface area contributed by atoms with Crippen molar-refractivity contribution < 1.29 is 4.74 Å². The summed E-state index contributed by atoms with van der Waals surface area (Å²) in [6.45, 7) is 0. The van der Waals surface area contributed by atoms with E-state index in [0.717, 1.165) is 28.3 Å². The molecule has 0 aromatic heterocycles. The Morgan fingerprint density at radius 1 is 0.933 bits per heavy atom. The molecule has 0 aliphatic heterocycles.